The first-order valence-corrected chi connectivity index (χ1v) is 11.2. The van der Waals surface area contributed by atoms with Crippen LogP contribution in [-0.4, -0.2) is 28.6 Å². The van der Waals surface area contributed by atoms with E-state index in [1.807, 2.05) is 24.3 Å². The second-order valence-corrected chi connectivity index (χ2v) is 8.60. The summed E-state index contributed by atoms with van der Waals surface area (Å²) in [6.07, 6.45) is 1.64. The van der Waals surface area contributed by atoms with E-state index >= 15 is 0 Å². The third-order valence-electron chi connectivity index (χ3n) is 4.69. The lowest BCUT2D eigenvalue weighted by atomic mass is 10.2. The van der Waals surface area contributed by atoms with Gasteiger partial charge in [0, 0.05) is 10.7 Å². The predicted octanol–water partition coefficient (Wildman–Crippen LogP) is 5.59. The number of rotatable bonds is 7. The molecule has 1 aliphatic heterocycles. The third-order valence-corrected chi connectivity index (χ3v) is 5.83. The lowest BCUT2D eigenvalue weighted by Gasteiger charge is -2.12. The number of anilines is 1. The Bertz CT molecular complexity index is 1230. The van der Waals surface area contributed by atoms with Crippen LogP contribution in [0.3, 0.4) is 0 Å². The molecule has 0 saturated carbocycles. The molecule has 0 atom stereocenters. The van der Waals surface area contributed by atoms with Crippen LogP contribution in [0.15, 0.2) is 83.8 Å². The van der Waals surface area contributed by atoms with Gasteiger partial charge in [0.05, 0.1) is 11.4 Å². The second-order valence-electron chi connectivity index (χ2n) is 7.17. The number of hydrogen-bond acceptors (Lipinski definition) is 5. The van der Waals surface area contributed by atoms with Crippen LogP contribution in [0, 0.1) is 0 Å². The number of para-hydroxylation sites is 1. The van der Waals surface area contributed by atoms with Crippen molar-refractivity contribution < 1.29 is 19.1 Å². The monoisotopic (exact) mass is 478 g/mol. The molecule has 0 spiro atoms. The average molecular weight is 479 g/mol. The summed E-state index contributed by atoms with van der Waals surface area (Å²) >= 11 is 6.88. The second kappa shape index (κ2) is 10.4. The molecule has 1 aliphatic rings. The lowest BCUT2D eigenvalue weighted by Crippen LogP contribution is -2.27. The van der Waals surface area contributed by atoms with Crippen LogP contribution < -0.4 is 10.1 Å². The van der Waals surface area contributed by atoms with Gasteiger partial charge in [0.25, 0.3) is 17.1 Å². The number of carbonyl (C=O) groups excluding carboxylic acids is 3. The van der Waals surface area contributed by atoms with Gasteiger partial charge in [-0.2, -0.15) is 0 Å². The Hall–Kier alpha value is -3.55. The van der Waals surface area contributed by atoms with Gasteiger partial charge in [-0.15, -0.1) is 0 Å². The Balaban J connectivity index is 1.39. The fraction of sp³-hybridized carbons (Fsp3) is 0.0800. The summed E-state index contributed by atoms with van der Waals surface area (Å²) in [7, 11) is 0. The highest BCUT2D eigenvalue weighted by Gasteiger charge is 2.35. The molecule has 1 N–H and O–H groups in total. The molecular weight excluding hydrogens is 460 g/mol. The van der Waals surface area contributed by atoms with Gasteiger partial charge in [-0.3, -0.25) is 19.3 Å². The van der Waals surface area contributed by atoms with Gasteiger partial charge in [-0.25, -0.2) is 0 Å². The largest absolute Gasteiger partial charge is 0.484 e. The van der Waals surface area contributed by atoms with Gasteiger partial charge >= 0.3 is 0 Å². The van der Waals surface area contributed by atoms with Gasteiger partial charge in [0.1, 0.15) is 5.75 Å². The maximum absolute atomic E-state index is 12.8. The molecule has 3 aromatic rings. The minimum absolute atomic E-state index is 0.155. The third kappa shape index (κ3) is 6.03. The van der Waals surface area contributed by atoms with E-state index in [1.165, 1.54) is 4.90 Å². The summed E-state index contributed by atoms with van der Waals surface area (Å²) < 4.78 is 5.58. The summed E-state index contributed by atoms with van der Waals surface area (Å²) in [5, 5.41) is 2.96. The highest BCUT2D eigenvalue weighted by molar-refractivity contribution is 8.18. The first-order valence-electron chi connectivity index (χ1n) is 10.1. The number of ether oxygens (including phenoxy) is 1. The zero-order chi connectivity index (χ0) is 23.2. The molecule has 166 valence electrons. The summed E-state index contributed by atoms with van der Waals surface area (Å²) in [4.78, 5) is 38.8. The molecule has 4 rings (SSSR count). The summed E-state index contributed by atoms with van der Waals surface area (Å²) in [5.41, 5.74) is 2.15. The zero-order valence-electron chi connectivity index (χ0n) is 17.4. The SMILES string of the molecule is O=C(COc1cccc(/C=C2\SC(=O)N(Cc3cccc(Cl)c3)C2=O)c1)Nc1ccccc1. The van der Waals surface area contributed by atoms with Crippen LogP contribution in [0.1, 0.15) is 11.1 Å². The first kappa shape index (κ1) is 22.6. The van der Waals surface area contributed by atoms with Crippen molar-refractivity contribution in [3.8, 4) is 5.75 Å². The Morgan fingerprint density at radius 1 is 1.00 bits per heavy atom. The van der Waals surface area contributed by atoms with Gasteiger partial charge < -0.3 is 10.1 Å². The van der Waals surface area contributed by atoms with Crippen molar-refractivity contribution in [2.45, 2.75) is 6.54 Å². The van der Waals surface area contributed by atoms with Crippen LogP contribution in [-0.2, 0) is 16.1 Å². The van der Waals surface area contributed by atoms with Crippen LogP contribution in [0.2, 0.25) is 5.02 Å². The molecule has 3 aromatic carbocycles. The fourth-order valence-electron chi connectivity index (χ4n) is 3.17. The van der Waals surface area contributed by atoms with E-state index in [0.29, 0.717) is 26.9 Å². The molecule has 0 aromatic heterocycles. The molecule has 33 heavy (non-hydrogen) atoms. The number of thioether (sulfide) groups is 1. The number of carbonyl (C=O) groups is 3. The molecule has 1 heterocycles. The number of imide groups is 1. The normalized spacial score (nSPS) is 14.6. The Morgan fingerprint density at radius 3 is 2.58 bits per heavy atom. The lowest BCUT2D eigenvalue weighted by molar-refractivity contribution is -0.123. The molecule has 0 bridgehead atoms. The smallest absolute Gasteiger partial charge is 0.293 e. The highest BCUT2D eigenvalue weighted by atomic mass is 35.5. The predicted molar refractivity (Wildman–Crippen MR) is 130 cm³/mol. The maximum atomic E-state index is 12.8. The topological polar surface area (TPSA) is 75.7 Å². The fourth-order valence-corrected chi connectivity index (χ4v) is 4.22. The van der Waals surface area contributed by atoms with Crippen molar-refractivity contribution in [3.05, 3.63) is 99.9 Å². The van der Waals surface area contributed by atoms with Crippen LogP contribution in [0.4, 0.5) is 10.5 Å². The summed E-state index contributed by atoms with van der Waals surface area (Å²) in [6, 6.07) is 23.1. The number of halogens is 1. The standard InChI is InChI=1S/C25H19ClN2O4S/c26-19-8-4-7-18(12-19)15-28-24(30)22(33-25(28)31)14-17-6-5-11-21(13-17)32-16-23(29)27-20-9-2-1-3-10-20/h1-14H,15-16H2,(H,27,29)/b22-14-. The van der Waals surface area contributed by atoms with Crippen molar-refractivity contribution in [2.75, 3.05) is 11.9 Å². The summed E-state index contributed by atoms with van der Waals surface area (Å²) in [6.45, 7) is -0.00323. The number of nitrogens with zero attached hydrogens (tertiary/aromatic N) is 1. The van der Waals surface area contributed by atoms with Crippen molar-refractivity contribution in [3.63, 3.8) is 0 Å². The van der Waals surface area contributed by atoms with E-state index < -0.39 is 0 Å². The Kier molecular flexibility index (Phi) is 7.12. The quantitative estimate of drug-likeness (QED) is 0.448. The molecule has 0 radical (unpaired) electrons. The van der Waals surface area contributed by atoms with E-state index in [-0.39, 0.29) is 30.2 Å². The number of nitrogens with one attached hydrogen (secondary N) is 1. The molecule has 0 aliphatic carbocycles. The van der Waals surface area contributed by atoms with Gasteiger partial charge in [0.2, 0.25) is 0 Å². The molecule has 3 amide bonds. The molecule has 8 heteroatoms. The van der Waals surface area contributed by atoms with Crippen molar-refractivity contribution >= 4 is 52.2 Å². The maximum Gasteiger partial charge on any atom is 0.293 e. The average Bonchev–Trinajstić information content (AvgIpc) is 3.06. The highest BCUT2D eigenvalue weighted by Crippen LogP contribution is 2.34. The van der Waals surface area contributed by atoms with Gasteiger partial charge in [-0.05, 0) is 65.4 Å². The van der Waals surface area contributed by atoms with Crippen molar-refractivity contribution in [2.24, 2.45) is 0 Å². The minimum atomic E-state index is -0.362. The van der Waals surface area contributed by atoms with Crippen molar-refractivity contribution in [1.29, 1.82) is 0 Å². The molecule has 1 fully saturated rings. The molecule has 1 saturated heterocycles. The number of benzene rings is 3. The number of amides is 3. The molecule has 6 nitrogen and oxygen atoms in total. The van der Waals surface area contributed by atoms with Gasteiger partial charge in [-0.1, -0.05) is 54.1 Å². The van der Waals surface area contributed by atoms with Crippen LogP contribution in [0.5, 0.6) is 5.75 Å². The van der Waals surface area contributed by atoms with Gasteiger partial charge in [0.15, 0.2) is 6.61 Å². The van der Waals surface area contributed by atoms with Crippen molar-refractivity contribution in [1.82, 2.24) is 4.90 Å². The van der Waals surface area contributed by atoms with E-state index in [2.05, 4.69) is 5.32 Å². The van der Waals surface area contributed by atoms with E-state index in [1.54, 1.807) is 60.7 Å². The first-order chi connectivity index (χ1) is 16.0. The van der Waals surface area contributed by atoms with E-state index in [9.17, 15) is 14.4 Å². The van der Waals surface area contributed by atoms with Crippen LogP contribution in [0.25, 0.3) is 6.08 Å². The van der Waals surface area contributed by atoms with Crippen LogP contribution >= 0.6 is 23.4 Å². The molecular formula is C25H19ClN2O4S. The van der Waals surface area contributed by atoms with E-state index in [0.717, 1.165) is 17.3 Å². The minimum Gasteiger partial charge on any atom is -0.484 e. The summed E-state index contributed by atoms with van der Waals surface area (Å²) in [5.74, 6) is -0.169. The Morgan fingerprint density at radius 2 is 1.79 bits per heavy atom. The zero-order valence-corrected chi connectivity index (χ0v) is 18.9. The number of hydrogen-bond donors (Lipinski definition) is 1. The van der Waals surface area contributed by atoms with E-state index in [4.69, 9.17) is 16.3 Å². The Labute approximate surface area is 200 Å². The molecule has 0 unspecified atom stereocenters.